The van der Waals surface area contributed by atoms with Gasteiger partial charge < -0.3 is 10.6 Å². The van der Waals surface area contributed by atoms with Gasteiger partial charge in [0.2, 0.25) is 0 Å². The first kappa shape index (κ1) is 14.8. The summed E-state index contributed by atoms with van der Waals surface area (Å²) >= 11 is 11.2. The molecule has 0 aliphatic heterocycles. The molecule has 106 valence electrons. The van der Waals surface area contributed by atoms with Crippen LogP contribution < -0.4 is 10.6 Å². The Morgan fingerprint density at radius 1 is 1.45 bits per heavy atom. The molecule has 0 spiro atoms. The standard InChI is InChI=1S/C14H17ClN4S/c1-3-19-10(2)11(9-17-19)8-16-14(20)18-13-6-4-5-12(15)7-13/h4-7,9H,3,8H2,1-2H3,(H2,16,18,20). The molecule has 2 N–H and O–H groups in total. The van der Waals surface area contributed by atoms with Crippen LogP contribution in [0.15, 0.2) is 30.5 Å². The van der Waals surface area contributed by atoms with Crippen LogP contribution in [0, 0.1) is 6.92 Å². The number of nitrogens with zero attached hydrogens (tertiary/aromatic N) is 2. The van der Waals surface area contributed by atoms with Crippen LogP contribution in [0.3, 0.4) is 0 Å². The van der Waals surface area contributed by atoms with Gasteiger partial charge in [0.25, 0.3) is 0 Å². The lowest BCUT2D eigenvalue weighted by molar-refractivity contribution is 0.638. The van der Waals surface area contributed by atoms with Crippen LogP contribution in [0.1, 0.15) is 18.2 Å². The highest BCUT2D eigenvalue weighted by atomic mass is 35.5. The third-order valence-electron chi connectivity index (χ3n) is 3.03. The van der Waals surface area contributed by atoms with E-state index in [2.05, 4.69) is 29.6 Å². The van der Waals surface area contributed by atoms with Crippen molar-refractivity contribution in [2.75, 3.05) is 5.32 Å². The molecule has 0 aliphatic carbocycles. The van der Waals surface area contributed by atoms with E-state index in [4.69, 9.17) is 23.8 Å². The number of aromatic nitrogens is 2. The van der Waals surface area contributed by atoms with E-state index in [1.54, 1.807) is 0 Å². The van der Waals surface area contributed by atoms with Crippen molar-refractivity contribution >= 4 is 34.6 Å². The number of nitrogens with one attached hydrogen (secondary N) is 2. The summed E-state index contributed by atoms with van der Waals surface area (Å²) in [4.78, 5) is 0. The van der Waals surface area contributed by atoms with Gasteiger partial charge in [0, 0.05) is 35.1 Å². The molecule has 0 bridgehead atoms. The molecule has 0 unspecified atom stereocenters. The zero-order valence-electron chi connectivity index (χ0n) is 11.5. The van der Waals surface area contributed by atoms with Gasteiger partial charge in [-0.1, -0.05) is 17.7 Å². The normalized spacial score (nSPS) is 10.3. The second-order valence-electron chi connectivity index (χ2n) is 4.39. The predicted octanol–water partition coefficient (Wildman–Crippen LogP) is 3.35. The fraction of sp³-hybridized carbons (Fsp3) is 0.286. The minimum atomic E-state index is 0.566. The highest BCUT2D eigenvalue weighted by Crippen LogP contribution is 2.14. The van der Waals surface area contributed by atoms with Crippen LogP contribution in [-0.4, -0.2) is 14.9 Å². The van der Waals surface area contributed by atoms with Crippen molar-refractivity contribution in [3.05, 3.63) is 46.7 Å². The van der Waals surface area contributed by atoms with E-state index in [1.165, 1.54) is 0 Å². The SMILES string of the molecule is CCn1ncc(CNC(=S)Nc2cccc(Cl)c2)c1C. The highest BCUT2D eigenvalue weighted by molar-refractivity contribution is 7.80. The second kappa shape index (κ2) is 6.72. The fourth-order valence-electron chi connectivity index (χ4n) is 1.89. The number of benzene rings is 1. The Morgan fingerprint density at radius 2 is 2.25 bits per heavy atom. The first-order chi connectivity index (χ1) is 9.60. The molecule has 2 aromatic rings. The summed E-state index contributed by atoms with van der Waals surface area (Å²) in [6.45, 7) is 5.65. The summed E-state index contributed by atoms with van der Waals surface area (Å²) in [5.74, 6) is 0. The van der Waals surface area contributed by atoms with Crippen LogP contribution in [0.4, 0.5) is 5.69 Å². The molecule has 2 rings (SSSR count). The zero-order chi connectivity index (χ0) is 14.5. The van der Waals surface area contributed by atoms with Crippen molar-refractivity contribution < 1.29 is 0 Å². The molecule has 4 nitrogen and oxygen atoms in total. The van der Waals surface area contributed by atoms with E-state index in [1.807, 2.05) is 35.1 Å². The topological polar surface area (TPSA) is 41.9 Å². The fourth-order valence-corrected chi connectivity index (χ4v) is 2.27. The molecule has 6 heteroatoms. The number of hydrogen-bond donors (Lipinski definition) is 2. The lowest BCUT2D eigenvalue weighted by atomic mass is 10.2. The smallest absolute Gasteiger partial charge is 0.171 e. The summed E-state index contributed by atoms with van der Waals surface area (Å²) in [7, 11) is 0. The molecule has 1 aromatic heterocycles. The zero-order valence-corrected chi connectivity index (χ0v) is 13.1. The Kier molecular flexibility index (Phi) is 4.98. The van der Waals surface area contributed by atoms with Crippen LogP contribution in [0.2, 0.25) is 5.02 Å². The summed E-state index contributed by atoms with van der Waals surface area (Å²) < 4.78 is 1.96. The Labute approximate surface area is 129 Å². The molecule has 0 saturated carbocycles. The molecule has 0 aliphatic rings. The number of aryl methyl sites for hydroxylation is 1. The number of thiocarbonyl (C=S) groups is 1. The van der Waals surface area contributed by atoms with E-state index in [0.29, 0.717) is 16.7 Å². The Morgan fingerprint density at radius 3 is 2.90 bits per heavy atom. The highest BCUT2D eigenvalue weighted by Gasteiger charge is 2.05. The van der Waals surface area contributed by atoms with Crippen molar-refractivity contribution in [3.63, 3.8) is 0 Å². The molecule has 0 saturated heterocycles. The molecular formula is C14H17ClN4S. The molecule has 0 atom stereocenters. The van der Waals surface area contributed by atoms with Crippen LogP contribution >= 0.6 is 23.8 Å². The van der Waals surface area contributed by atoms with Crippen molar-refractivity contribution in [1.82, 2.24) is 15.1 Å². The average Bonchev–Trinajstić information content (AvgIpc) is 2.77. The van der Waals surface area contributed by atoms with Crippen LogP contribution in [0.25, 0.3) is 0 Å². The molecule has 1 heterocycles. The number of rotatable bonds is 4. The minimum absolute atomic E-state index is 0.566. The van der Waals surface area contributed by atoms with Crippen LogP contribution in [0.5, 0.6) is 0 Å². The first-order valence-electron chi connectivity index (χ1n) is 6.42. The van der Waals surface area contributed by atoms with Crippen LogP contribution in [-0.2, 0) is 13.1 Å². The second-order valence-corrected chi connectivity index (χ2v) is 5.23. The lowest BCUT2D eigenvalue weighted by Crippen LogP contribution is -2.28. The molecular weight excluding hydrogens is 292 g/mol. The molecule has 0 amide bonds. The maximum atomic E-state index is 5.93. The third kappa shape index (κ3) is 3.71. The van der Waals surface area contributed by atoms with E-state index < -0.39 is 0 Å². The van der Waals surface area contributed by atoms with E-state index in [-0.39, 0.29) is 0 Å². The van der Waals surface area contributed by atoms with Gasteiger partial charge in [-0.05, 0) is 44.3 Å². The summed E-state index contributed by atoms with van der Waals surface area (Å²) in [5, 5.41) is 11.8. The van der Waals surface area contributed by atoms with Gasteiger partial charge >= 0.3 is 0 Å². The maximum absolute atomic E-state index is 5.93. The third-order valence-corrected chi connectivity index (χ3v) is 3.51. The summed E-state index contributed by atoms with van der Waals surface area (Å²) in [6.07, 6.45) is 1.87. The number of hydrogen-bond acceptors (Lipinski definition) is 2. The number of anilines is 1. The van der Waals surface area contributed by atoms with Gasteiger partial charge in [-0.2, -0.15) is 5.10 Å². The van der Waals surface area contributed by atoms with Crippen molar-refractivity contribution in [3.8, 4) is 0 Å². The van der Waals surface area contributed by atoms with Gasteiger partial charge in [-0.15, -0.1) is 0 Å². The Hall–Kier alpha value is -1.59. The van der Waals surface area contributed by atoms with E-state index >= 15 is 0 Å². The van der Waals surface area contributed by atoms with Gasteiger partial charge in [-0.3, -0.25) is 4.68 Å². The molecule has 0 fully saturated rings. The van der Waals surface area contributed by atoms with E-state index in [9.17, 15) is 0 Å². The Bertz CT molecular complexity index is 609. The maximum Gasteiger partial charge on any atom is 0.171 e. The largest absolute Gasteiger partial charge is 0.358 e. The van der Waals surface area contributed by atoms with Gasteiger partial charge in [0.15, 0.2) is 5.11 Å². The van der Waals surface area contributed by atoms with Crippen molar-refractivity contribution in [2.45, 2.75) is 26.9 Å². The summed E-state index contributed by atoms with van der Waals surface area (Å²) in [5.41, 5.74) is 3.17. The number of halogens is 1. The summed E-state index contributed by atoms with van der Waals surface area (Å²) in [6, 6.07) is 7.45. The average molecular weight is 309 g/mol. The van der Waals surface area contributed by atoms with Gasteiger partial charge in [-0.25, -0.2) is 0 Å². The Balaban J connectivity index is 1.90. The molecule has 1 aromatic carbocycles. The molecule has 0 radical (unpaired) electrons. The lowest BCUT2D eigenvalue weighted by Gasteiger charge is -2.10. The van der Waals surface area contributed by atoms with E-state index in [0.717, 1.165) is 23.5 Å². The quantitative estimate of drug-likeness (QED) is 0.850. The minimum Gasteiger partial charge on any atom is -0.358 e. The van der Waals surface area contributed by atoms with Gasteiger partial charge in [0.05, 0.1) is 6.20 Å². The van der Waals surface area contributed by atoms with Crippen molar-refractivity contribution in [1.29, 1.82) is 0 Å². The predicted molar refractivity (Wildman–Crippen MR) is 87.2 cm³/mol. The first-order valence-corrected chi connectivity index (χ1v) is 7.20. The van der Waals surface area contributed by atoms with Crippen molar-refractivity contribution in [2.24, 2.45) is 0 Å². The van der Waals surface area contributed by atoms with Gasteiger partial charge in [0.1, 0.15) is 0 Å². The molecule has 20 heavy (non-hydrogen) atoms. The monoisotopic (exact) mass is 308 g/mol.